The van der Waals surface area contributed by atoms with Gasteiger partial charge < -0.3 is 9.84 Å². The van der Waals surface area contributed by atoms with Gasteiger partial charge in [0.05, 0.1) is 0 Å². The Morgan fingerprint density at radius 2 is 1.89 bits per heavy atom. The van der Waals surface area contributed by atoms with Crippen molar-refractivity contribution >= 4 is 0 Å². The molecule has 9 heavy (non-hydrogen) atoms. The summed E-state index contributed by atoms with van der Waals surface area (Å²) in [5.41, 5.74) is 0. The molecule has 0 saturated heterocycles. The predicted molar refractivity (Wildman–Crippen MR) is 19.1 cm³/mol. The van der Waals surface area contributed by atoms with Gasteiger partial charge in [0.25, 0.3) is 0 Å². The minimum Gasteiger partial charge on any atom is -0.334 e. The molecule has 0 spiro atoms. The Hall–Kier alpha value is -0.360. The lowest BCUT2D eigenvalue weighted by Crippen LogP contribution is -2.23. The smallest absolute Gasteiger partial charge is 0.334 e. The molecule has 0 bridgehead atoms. The zero-order valence-electron chi connectivity index (χ0n) is 4.15. The highest BCUT2D eigenvalue weighted by Gasteiger charge is 2.26. The molecule has 0 heterocycles. The molecule has 0 aliphatic rings. The van der Waals surface area contributed by atoms with E-state index in [-0.39, 0.29) is 0 Å². The number of aliphatic hydroxyl groups is 1. The maximum Gasteiger partial charge on any atom is 0.376 e. The molecule has 56 valence electrons. The van der Waals surface area contributed by atoms with Crippen molar-refractivity contribution in [2.24, 2.45) is 0 Å². The first-order valence-electron chi connectivity index (χ1n) is 1.92. The van der Waals surface area contributed by atoms with Crippen molar-refractivity contribution in [1.82, 2.24) is 0 Å². The molecule has 0 aliphatic carbocycles. The first kappa shape index (κ1) is 8.64. The molecule has 0 saturated carbocycles. The van der Waals surface area contributed by atoms with Gasteiger partial charge in [-0.15, -0.1) is 0 Å². The second-order valence-corrected chi connectivity index (χ2v) is 1.24. The summed E-state index contributed by atoms with van der Waals surface area (Å²) in [6, 6.07) is 0. The van der Waals surface area contributed by atoms with Gasteiger partial charge in [0, 0.05) is 0 Å². The Kier molecular flexibility index (Phi) is 2.86. The van der Waals surface area contributed by atoms with Crippen LogP contribution >= 0.6 is 0 Å². The number of hydrogen-bond acceptors (Lipinski definition) is 2. The SMILES string of the molecule is OC(F)(F)COC(F)F. The Labute approximate surface area is 48.0 Å². The van der Waals surface area contributed by atoms with Crippen LogP contribution in [0.15, 0.2) is 0 Å². The molecular weight excluding hydrogens is 144 g/mol. The third kappa shape index (κ3) is 7.64. The third-order valence-electron chi connectivity index (χ3n) is 0.383. The number of halogens is 4. The molecule has 0 atom stereocenters. The number of ether oxygens (including phenoxy) is 1. The van der Waals surface area contributed by atoms with Crippen LogP contribution in [0.3, 0.4) is 0 Å². The van der Waals surface area contributed by atoms with Crippen molar-refractivity contribution in [1.29, 1.82) is 0 Å². The lowest BCUT2D eigenvalue weighted by molar-refractivity contribution is -0.266. The van der Waals surface area contributed by atoms with E-state index < -0.39 is 19.3 Å². The van der Waals surface area contributed by atoms with Crippen LogP contribution in [0.5, 0.6) is 0 Å². The van der Waals surface area contributed by atoms with Crippen molar-refractivity contribution in [3.05, 3.63) is 0 Å². The van der Waals surface area contributed by atoms with Crippen LogP contribution in [0.2, 0.25) is 0 Å². The predicted octanol–water partition coefficient (Wildman–Crippen LogP) is 0.811. The molecule has 0 aliphatic heterocycles. The standard InChI is InChI=1S/C3H4F4O2/c4-2(5)9-1-3(6,7)8/h2,8H,1H2. The van der Waals surface area contributed by atoms with Crippen LogP contribution < -0.4 is 0 Å². The molecule has 0 rings (SSSR count). The summed E-state index contributed by atoms with van der Waals surface area (Å²) in [5, 5.41) is 7.47. The van der Waals surface area contributed by atoms with Gasteiger partial charge in [0.1, 0.15) is 6.61 Å². The monoisotopic (exact) mass is 148 g/mol. The normalized spacial score (nSPS) is 12.7. The zero-order valence-corrected chi connectivity index (χ0v) is 4.15. The van der Waals surface area contributed by atoms with Gasteiger partial charge in [-0.1, -0.05) is 0 Å². The van der Waals surface area contributed by atoms with Gasteiger partial charge in [-0.2, -0.15) is 17.6 Å². The average Bonchev–Trinajstić information content (AvgIpc) is 1.59. The summed E-state index contributed by atoms with van der Waals surface area (Å²) in [5.74, 6) is 0. The van der Waals surface area contributed by atoms with Crippen LogP contribution in [0.1, 0.15) is 0 Å². The maximum atomic E-state index is 11.2. The highest BCUT2D eigenvalue weighted by atomic mass is 19.3. The summed E-state index contributed by atoms with van der Waals surface area (Å²) >= 11 is 0. The number of alkyl halides is 4. The van der Waals surface area contributed by atoms with E-state index in [2.05, 4.69) is 4.74 Å². The molecule has 0 aromatic rings. The molecule has 0 aromatic heterocycles. The second kappa shape index (κ2) is 2.98. The molecule has 6 heteroatoms. The molecule has 0 fully saturated rings. The Morgan fingerprint density at radius 3 is 2.00 bits per heavy atom. The second-order valence-electron chi connectivity index (χ2n) is 1.24. The summed E-state index contributed by atoms with van der Waals surface area (Å²) in [6.45, 7) is -4.95. The highest BCUT2D eigenvalue weighted by molar-refractivity contribution is 4.42. The lowest BCUT2D eigenvalue weighted by Gasteiger charge is -2.07. The fourth-order valence-corrected chi connectivity index (χ4v) is 0.163. The van der Waals surface area contributed by atoms with E-state index in [0.29, 0.717) is 0 Å². The topological polar surface area (TPSA) is 29.5 Å². The quantitative estimate of drug-likeness (QED) is 0.600. The lowest BCUT2D eigenvalue weighted by atomic mass is 10.7. The van der Waals surface area contributed by atoms with Crippen molar-refractivity contribution in [3.8, 4) is 0 Å². The van der Waals surface area contributed by atoms with E-state index in [1.165, 1.54) is 0 Å². The van der Waals surface area contributed by atoms with Crippen LogP contribution in [0.4, 0.5) is 17.6 Å². The van der Waals surface area contributed by atoms with Crippen LogP contribution in [0.25, 0.3) is 0 Å². The van der Waals surface area contributed by atoms with E-state index in [1.54, 1.807) is 0 Å². The van der Waals surface area contributed by atoms with E-state index >= 15 is 0 Å². The van der Waals surface area contributed by atoms with Crippen molar-refractivity contribution < 1.29 is 27.4 Å². The first-order chi connectivity index (χ1) is 3.92. The van der Waals surface area contributed by atoms with E-state index in [0.717, 1.165) is 0 Å². The highest BCUT2D eigenvalue weighted by Crippen LogP contribution is 2.09. The fraction of sp³-hybridized carbons (Fsp3) is 1.00. The van der Waals surface area contributed by atoms with Crippen molar-refractivity contribution in [3.63, 3.8) is 0 Å². The van der Waals surface area contributed by atoms with Gasteiger partial charge >= 0.3 is 12.7 Å². The summed E-state index contributed by atoms with van der Waals surface area (Å²) in [7, 11) is 0. The number of hydrogen-bond donors (Lipinski definition) is 1. The summed E-state index contributed by atoms with van der Waals surface area (Å²) in [4.78, 5) is 0. The van der Waals surface area contributed by atoms with E-state index in [1.807, 2.05) is 0 Å². The molecule has 0 amide bonds. The average molecular weight is 148 g/mol. The minimum atomic E-state index is -4.17. The molecule has 0 aromatic carbocycles. The van der Waals surface area contributed by atoms with Gasteiger partial charge in [0.15, 0.2) is 0 Å². The van der Waals surface area contributed by atoms with Gasteiger partial charge in [-0.25, -0.2) is 0 Å². The van der Waals surface area contributed by atoms with Crippen LogP contribution in [-0.2, 0) is 4.74 Å². The molecular formula is C3H4F4O2. The maximum absolute atomic E-state index is 11.2. The third-order valence-corrected chi connectivity index (χ3v) is 0.383. The van der Waals surface area contributed by atoms with E-state index in [4.69, 9.17) is 5.11 Å². The largest absolute Gasteiger partial charge is 0.376 e. The van der Waals surface area contributed by atoms with Gasteiger partial charge in [-0.05, 0) is 0 Å². The van der Waals surface area contributed by atoms with Gasteiger partial charge in [-0.3, -0.25) is 0 Å². The minimum absolute atomic E-state index is 1.68. The van der Waals surface area contributed by atoms with Crippen molar-refractivity contribution in [2.75, 3.05) is 6.61 Å². The number of rotatable bonds is 3. The molecule has 1 N–H and O–H groups in total. The molecule has 2 nitrogen and oxygen atoms in total. The Morgan fingerprint density at radius 1 is 1.44 bits per heavy atom. The summed E-state index contributed by atoms with van der Waals surface area (Å²) in [6.07, 6.45) is -4.17. The molecule has 0 radical (unpaired) electrons. The zero-order chi connectivity index (χ0) is 7.49. The Bertz CT molecular complexity index is 78.4. The molecule has 0 unspecified atom stereocenters. The van der Waals surface area contributed by atoms with E-state index in [9.17, 15) is 17.6 Å². The van der Waals surface area contributed by atoms with Crippen molar-refractivity contribution in [2.45, 2.75) is 12.7 Å². The van der Waals surface area contributed by atoms with Crippen LogP contribution in [0, 0.1) is 0 Å². The Balaban J connectivity index is 3.28. The van der Waals surface area contributed by atoms with Crippen LogP contribution in [-0.4, -0.2) is 24.4 Å². The van der Waals surface area contributed by atoms with Gasteiger partial charge in [0.2, 0.25) is 0 Å². The fourth-order valence-electron chi connectivity index (χ4n) is 0.163. The first-order valence-corrected chi connectivity index (χ1v) is 1.92. The summed E-state index contributed by atoms with van der Waals surface area (Å²) < 4.78 is 47.2.